The second-order valence-corrected chi connectivity index (χ2v) is 5.44. The minimum atomic E-state index is 0.136. The topological polar surface area (TPSA) is 64.3 Å². The van der Waals surface area contributed by atoms with Crippen molar-refractivity contribution < 1.29 is 9.53 Å². The number of nitrogens with two attached hydrogens (primary N) is 1. The van der Waals surface area contributed by atoms with E-state index in [-0.39, 0.29) is 12.0 Å². The fourth-order valence-electron chi connectivity index (χ4n) is 2.80. The normalized spacial score (nSPS) is 33.6. The molecule has 3 atom stereocenters. The van der Waals surface area contributed by atoms with Crippen LogP contribution < -0.4 is 11.1 Å². The third kappa shape index (κ3) is 4.28. The number of nitrogens with one attached hydrogen (secondary N) is 1. The van der Waals surface area contributed by atoms with E-state index in [4.69, 9.17) is 10.5 Å². The molecule has 0 aromatic carbocycles. The Morgan fingerprint density at radius 1 is 1.29 bits per heavy atom. The Bertz CT molecular complexity index is 252. The summed E-state index contributed by atoms with van der Waals surface area (Å²) in [6, 6.07) is 0.346. The highest BCUT2D eigenvalue weighted by molar-refractivity contribution is 5.76. The Morgan fingerprint density at radius 2 is 2.18 bits per heavy atom. The highest BCUT2D eigenvalue weighted by Gasteiger charge is 2.23. The molecule has 4 heteroatoms. The van der Waals surface area contributed by atoms with Crippen LogP contribution >= 0.6 is 0 Å². The van der Waals surface area contributed by atoms with E-state index in [9.17, 15) is 4.79 Å². The summed E-state index contributed by atoms with van der Waals surface area (Å²) in [6.07, 6.45) is 7.34. The first-order valence-corrected chi connectivity index (χ1v) is 6.88. The summed E-state index contributed by atoms with van der Waals surface area (Å²) in [4.78, 5) is 11.7. The van der Waals surface area contributed by atoms with Crippen LogP contribution in [0.3, 0.4) is 0 Å². The Labute approximate surface area is 103 Å². The highest BCUT2D eigenvalue weighted by Crippen LogP contribution is 2.23. The molecule has 0 radical (unpaired) electrons. The van der Waals surface area contributed by atoms with Crippen molar-refractivity contribution in [2.75, 3.05) is 13.2 Å². The van der Waals surface area contributed by atoms with Gasteiger partial charge in [-0.2, -0.15) is 0 Å². The zero-order valence-corrected chi connectivity index (χ0v) is 10.5. The highest BCUT2D eigenvalue weighted by atomic mass is 16.5. The van der Waals surface area contributed by atoms with E-state index < -0.39 is 0 Å². The lowest BCUT2D eigenvalue weighted by Gasteiger charge is -2.22. The number of hydrogen-bond donors (Lipinski definition) is 2. The summed E-state index contributed by atoms with van der Waals surface area (Å²) in [7, 11) is 0. The van der Waals surface area contributed by atoms with Crippen molar-refractivity contribution in [2.45, 2.75) is 57.1 Å². The van der Waals surface area contributed by atoms with E-state index in [0.29, 0.717) is 18.4 Å². The van der Waals surface area contributed by atoms with Crippen molar-refractivity contribution >= 4 is 5.91 Å². The van der Waals surface area contributed by atoms with Gasteiger partial charge in [0.1, 0.15) is 0 Å². The zero-order chi connectivity index (χ0) is 12.1. The van der Waals surface area contributed by atoms with Gasteiger partial charge in [-0.25, -0.2) is 0 Å². The maximum absolute atomic E-state index is 11.7. The Morgan fingerprint density at radius 3 is 2.82 bits per heavy atom. The van der Waals surface area contributed by atoms with E-state index in [1.54, 1.807) is 0 Å². The summed E-state index contributed by atoms with van der Waals surface area (Å²) in [5, 5.41) is 3.02. The molecule has 1 heterocycles. The lowest BCUT2D eigenvalue weighted by atomic mass is 10.1. The molecule has 3 unspecified atom stereocenters. The molecule has 0 aromatic heterocycles. The molecule has 2 aliphatic rings. The predicted octanol–water partition coefficient (Wildman–Crippen LogP) is 1.19. The minimum Gasteiger partial charge on any atom is -0.378 e. The van der Waals surface area contributed by atoms with Gasteiger partial charge in [-0.3, -0.25) is 4.79 Å². The van der Waals surface area contributed by atoms with Crippen molar-refractivity contribution in [1.82, 2.24) is 5.32 Å². The molecule has 1 amide bonds. The van der Waals surface area contributed by atoms with Gasteiger partial charge in [0.25, 0.3) is 0 Å². The van der Waals surface area contributed by atoms with Crippen molar-refractivity contribution in [3.8, 4) is 0 Å². The van der Waals surface area contributed by atoms with Gasteiger partial charge in [0.05, 0.1) is 12.5 Å². The van der Waals surface area contributed by atoms with E-state index in [0.717, 1.165) is 45.3 Å². The molecule has 1 aliphatic heterocycles. The maximum atomic E-state index is 11.7. The van der Waals surface area contributed by atoms with Crippen LogP contribution in [0.15, 0.2) is 0 Å². The van der Waals surface area contributed by atoms with E-state index in [1.165, 1.54) is 6.42 Å². The van der Waals surface area contributed by atoms with Crippen molar-refractivity contribution in [3.05, 3.63) is 0 Å². The molecular weight excluding hydrogens is 216 g/mol. The van der Waals surface area contributed by atoms with Crippen LogP contribution in [0.1, 0.15) is 44.9 Å². The molecule has 0 spiro atoms. The molecule has 1 saturated heterocycles. The van der Waals surface area contributed by atoms with Crippen molar-refractivity contribution in [3.63, 3.8) is 0 Å². The molecule has 2 rings (SSSR count). The summed E-state index contributed by atoms with van der Waals surface area (Å²) >= 11 is 0. The predicted molar refractivity (Wildman–Crippen MR) is 66.5 cm³/mol. The fraction of sp³-hybridized carbons (Fsp3) is 0.923. The van der Waals surface area contributed by atoms with Gasteiger partial charge in [0, 0.05) is 19.2 Å². The first kappa shape index (κ1) is 12.8. The molecule has 2 fully saturated rings. The quantitative estimate of drug-likeness (QED) is 0.776. The average Bonchev–Trinajstić information content (AvgIpc) is 2.74. The smallest absolute Gasteiger partial charge is 0.222 e. The van der Waals surface area contributed by atoms with Gasteiger partial charge in [-0.05, 0) is 44.4 Å². The van der Waals surface area contributed by atoms with Crippen LogP contribution in [-0.2, 0) is 9.53 Å². The summed E-state index contributed by atoms with van der Waals surface area (Å²) < 4.78 is 5.56. The molecule has 17 heavy (non-hydrogen) atoms. The number of carbonyl (C=O) groups excluding carboxylic acids is 1. The minimum absolute atomic E-state index is 0.136. The summed E-state index contributed by atoms with van der Waals surface area (Å²) in [5.41, 5.74) is 5.85. The maximum Gasteiger partial charge on any atom is 0.222 e. The molecule has 3 N–H and O–H groups in total. The van der Waals surface area contributed by atoms with E-state index in [1.807, 2.05) is 0 Å². The largest absolute Gasteiger partial charge is 0.378 e. The van der Waals surface area contributed by atoms with E-state index >= 15 is 0 Å². The van der Waals surface area contributed by atoms with Crippen LogP contribution in [0, 0.1) is 5.92 Å². The third-order valence-corrected chi connectivity index (χ3v) is 3.86. The van der Waals surface area contributed by atoms with Gasteiger partial charge in [0.2, 0.25) is 5.91 Å². The fourth-order valence-corrected chi connectivity index (χ4v) is 2.80. The lowest BCUT2D eigenvalue weighted by Crippen LogP contribution is -2.33. The SMILES string of the molecule is NC1CCC(CNC(=O)CC2CCCCO2)C1. The van der Waals surface area contributed by atoms with Gasteiger partial charge >= 0.3 is 0 Å². The lowest BCUT2D eigenvalue weighted by molar-refractivity contribution is -0.125. The van der Waals surface area contributed by atoms with Gasteiger partial charge in [-0.15, -0.1) is 0 Å². The second-order valence-electron chi connectivity index (χ2n) is 5.44. The van der Waals surface area contributed by atoms with Crippen LogP contribution in [0.2, 0.25) is 0 Å². The standard InChI is InChI=1S/C13H24N2O2/c14-11-5-4-10(7-11)9-15-13(16)8-12-3-1-2-6-17-12/h10-12H,1-9,14H2,(H,15,16). The van der Waals surface area contributed by atoms with Gasteiger partial charge < -0.3 is 15.8 Å². The molecule has 4 nitrogen and oxygen atoms in total. The number of carbonyl (C=O) groups is 1. The Kier molecular flexibility index (Phi) is 4.80. The van der Waals surface area contributed by atoms with Gasteiger partial charge in [0.15, 0.2) is 0 Å². The first-order valence-electron chi connectivity index (χ1n) is 6.88. The zero-order valence-electron chi connectivity index (χ0n) is 10.5. The van der Waals surface area contributed by atoms with Crippen molar-refractivity contribution in [1.29, 1.82) is 0 Å². The number of rotatable bonds is 4. The molecule has 98 valence electrons. The van der Waals surface area contributed by atoms with Crippen LogP contribution in [0.4, 0.5) is 0 Å². The number of amides is 1. The molecule has 1 aliphatic carbocycles. The van der Waals surface area contributed by atoms with E-state index in [2.05, 4.69) is 5.32 Å². The molecule has 0 bridgehead atoms. The first-order chi connectivity index (χ1) is 8.24. The molecule has 1 saturated carbocycles. The summed E-state index contributed by atoms with van der Waals surface area (Å²) in [5.74, 6) is 0.721. The molecular formula is C13H24N2O2. The molecule has 0 aromatic rings. The summed E-state index contributed by atoms with van der Waals surface area (Å²) in [6.45, 7) is 1.61. The van der Waals surface area contributed by atoms with Crippen LogP contribution in [0.5, 0.6) is 0 Å². The second kappa shape index (κ2) is 6.36. The Hall–Kier alpha value is -0.610. The monoisotopic (exact) mass is 240 g/mol. The number of hydrogen-bond acceptors (Lipinski definition) is 3. The van der Waals surface area contributed by atoms with Gasteiger partial charge in [-0.1, -0.05) is 0 Å². The van der Waals surface area contributed by atoms with Crippen molar-refractivity contribution in [2.24, 2.45) is 11.7 Å². The van der Waals surface area contributed by atoms with Crippen LogP contribution in [0.25, 0.3) is 0 Å². The third-order valence-electron chi connectivity index (χ3n) is 3.86. The number of ether oxygens (including phenoxy) is 1. The van der Waals surface area contributed by atoms with Crippen LogP contribution in [-0.4, -0.2) is 31.2 Å². The average molecular weight is 240 g/mol. The Balaban J connectivity index is 1.60.